The van der Waals surface area contributed by atoms with Crippen LogP contribution in [0.2, 0.25) is 0 Å². The Balaban J connectivity index is 2.71. The molecule has 0 spiro atoms. The van der Waals surface area contributed by atoms with Crippen LogP contribution in [-0.4, -0.2) is 19.0 Å². The Bertz CT molecular complexity index is 482. The van der Waals surface area contributed by atoms with E-state index >= 15 is 0 Å². The fourth-order valence-corrected chi connectivity index (χ4v) is 1.57. The summed E-state index contributed by atoms with van der Waals surface area (Å²) in [5.74, 6) is -2.30. The number of nitrogens with two attached hydrogens (primary N) is 1. The van der Waals surface area contributed by atoms with E-state index in [4.69, 9.17) is 11.3 Å². The number of nitrogens with one attached hydrogen (secondary N) is 1. The molecule has 0 aliphatic heterocycles. The normalized spacial score (nSPS) is 11.7. The zero-order chi connectivity index (χ0) is 14.3. The zero-order valence-electron chi connectivity index (χ0n) is 10.0. The second-order valence-electron chi connectivity index (χ2n) is 3.80. The molecule has 1 unspecified atom stereocenters. The zero-order valence-corrected chi connectivity index (χ0v) is 10.0. The molecule has 0 saturated carbocycles. The summed E-state index contributed by atoms with van der Waals surface area (Å²) in [6, 6.07) is 1.80. The third-order valence-corrected chi connectivity index (χ3v) is 2.35. The van der Waals surface area contributed by atoms with Gasteiger partial charge < -0.3 is 11.1 Å². The fourth-order valence-electron chi connectivity index (χ4n) is 1.57. The van der Waals surface area contributed by atoms with Crippen molar-refractivity contribution in [1.82, 2.24) is 5.32 Å². The molecule has 0 saturated heterocycles. The maximum Gasteiger partial charge on any atom is 0.239 e. The molecule has 0 bridgehead atoms. The number of carbonyl (C=O) groups is 1. The van der Waals surface area contributed by atoms with Crippen LogP contribution in [0.3, 0.4) is 0 Å². The average Bonchev–Trinajstić information content (AvgIpc) is 2.31. The largest absolute Gasteiger partial charge is 0.368 e. The summed E-state index contributed by atoms with van der Waals surface area (Å²) in [4.78, 5) is 13.9. The highest BCUT2D eigenvalue weighted by atomic mass is 19.1. The summed E-state index contributed by atoms with van der Waals surface area (Å²) in [7, 11) is 0. The molecule has 0 heterocycles. The van der Waals surface area contributed by atoms with Gasteiger partial charge in [0.05, 0.1) is 0 Å². The highest BCUT2D eigenvalue weighted by Gasteiger charge is 2.18. The highest BCUT2D eigenvalue weighted by Crippen LogP contribution is 2.16. The minimum atomic E-state index is -0.990. The van der Waals surface area contributed by atoms with E-state index in [1.165, 1.54) is 0 Å². The van der Waals surface area contributed by atoms with Crippen molar-refractivity contribution in [1.29, 1.82) is 0 Å². The van der Waals surface area contributed by atoms with Crippen molar-refractivity contribution >= 4 is 5.91 Å². The van der Waals surface area contributed by atoms with E-state index in [-0.39, 0.29) is 12.1 Å². The molecule has 0 radical (unpaired) electrons. The van der Waals surface area contributed by atoms with E-state index in [0.29, 0.717) is 19.0 Å². The van der Waals surface area contributed by atoms with Crippen LogP contribution in [0.15, 0.2) is 23.3 Å². The summed E-state index contributed by atoms with van der Waals surface area (Å²) in [6.45, 7) is 0.581. The van der Waals surface area contributed by atoms with Gasteiger partial charge in [0.25, 0.3) is 0 Å². The van der Waals surface area contributed by atoms with Crippen molar-refractivity contribution in [2.45, 2.75) is 12.5 Å². The third-order valence-electron chi connectivity index (χ3n) is 2.35. The number of rotatable bonds is 7. The SMILES string of the molecule is [N-]=[N+]=NCCCNC(C(N)=O)c1cc(F)cc(F)c1. The number of halogens is 2. The van der Waals surface area contributed by atoms with Gasteiger partial charge in [-0.05, 0) is 36.2 Å². The highest BCUT2D eigenvalue weighted by molar-refractivity contribution is 5.81. The molecular weight excluding hydrogens is 256 g/mol. The van der Waals surface area contributed by atoms with Crippen LogP contribution in [0.4, 0.5) is 8.78 Å². The number of azide groups is 1. The molecule has 1 aromatic carbocycles. The number of nitrogens with zero attached hydrogens (tertiary/aromatic N) is 3. The predicted octanol–water partition coefficient (Wildman–Crippen LogP) is 1.78. The van der Waals surface area contributed by atoms with E-state index in [9.17, 15) is 13.6 Å². The molecule has 3 N–H and O–H groups in total. The van der Waals surface area contributed by atoms with E-state index in [1.54, 1.807) is 0 Å². The number of carbonyl (C=O) groups excluding carboxylic acids is 1. The Morgan fingerprint density at radius 2 is 2.05 bits per heavy atom. The molecule has 1 aromatic rings. The first kappa shape index (κ1) is 14.9. The molecule has 8 heteroatoms. The lowest BCUT2D eigenvalue weighted by atomic mass is 10.1. The van der Waals surface area contributed by atoms with Crippen molar-refractivity contribution in [3.05, 3.63) is 45.8 Å². The number of benzene rings is 1. The first-order chi connectivity index (χ1) is 9.04. The lowest BCUT2D eigenvalue weighted by Crippen LogP contribution is -2.34. The predicted molar refractivity (Wildman–Crippen MR) is 64.9 cm³/mol. The van der Waals surface area contributed by atoms with Crippen LogP contribution >= 0.6 is 0 Å². The standard InChI is InChI=1S/C11H13F2N5O/c12-8-4-7(5-9(13)6-8)10(11(14)19)16-2-1-3-17-18-15/h4-6,10,16H,1-3H2,(H2,14,19). The van der Waals surface area contributed by atoms with Crippen molar-refractivity contribution in [2.75, 3.05) is 13.1 Å². The van der Waals surface area contributed by atoms with Crippen molar-refractivity contribution in [3.8, 4) is 0 Å². The average molecular weight is 269 g/mol. The van der Waals surface area contributed by atoms with E-state index in [2.05, 4.69) is 15.3 Å². The molecule has 102 valence electrons. The van der Waals surface area contributed by atoms with Gasteiger partial charge in [0.15, 0.2) is 0 Å². The molecule has 0 aromatic heterocycles. The van der Waals surface area contributed by atoms with Gasteiger partial charge in [0, 0.05) is 17.5 Å². The first-order valence-corrected chi connectivity index (χ1v) is 5.54. The molecule has 0 aliphatic carbocycles. The van der Waals surface area contributed by atoms with E-state index in [1.807, 2.05) is 0 Å². The van der Waals surface area contributed by atoms with E-state index in [0.717, 1.165) is 12.1 Å². The number of primary amides is 1. The third kappa shape index (κ3) is 4.90. The minimum absolute atomic E-state index is 0.119. The van der Waals surface area contributed by atoms with Crippen LogP contribution in [0.25, 0.3) is 10.4 Å². The second kappa shape index (κ2) is 7.30. The Morgan fingerprint density at radius 3 is 2.58 bits per heavy atom. The minimum Gasteiger partial charge on any atom is -0.368 e. The molecule has 19 heavy (non-hydrogen) atoms. The molecule has 1 atom stereocenters. The van der Waals surface area contributed by atoms with Gasteiger partial charge in [-0.3, -0.25) is 4.79 Å². The van der Waals surface area contributed by atoms with Gasteiger partial charge in [-0.25, -0.2) is 8.78 Å². The van der Waals surface area contributed by atoms with Gasteiger partial charge in [-0.2, -0.15) is 0 Å². The summed E-state index contributed by atoms with van der Waals surface area (Å²) >= 11 is 0. The Hall–Kier alpha value is -2.18. The van der Waals surface area contributed by atoms with Crippen molar-refractivity contribution in [3.63, 3.8) is 0 Å². The molecule has 6 nitrogen and oxygen atoms in total. The lowest BCUT2D eigenvalue weighted by molar-refractivity contribution is -0.120. The quantitative estimate of drug-likeness (QED) is 0.341. The van der Waals surface area contributed by atoms with Gasteiger partial charge in [0.1, 0.15) is 17.7 Å². The topological polar surface area (TPSA) is 104 Å². The molecule has 0 aliphatic rings. The maximum atomic E-state index is 13.1. The second-order valence-corrected chi connectivity index (χ2v) is 3.80. The molecular formula is C11H13F2N5O. The van der Waals surface area contributed by atoms with Crippen LogP contribution in [0.1, 0.15) is 18.0 Å². The summed E-state index contributed by atoms with van der Waals surface area (Å²) in [5.41, 5.74) is 13.4. The van der Waals surface area contributed by atoms with Crippen molar-refractivity contribution < 1.29 is 13.6 Å². The van der Waals surface area contributed by atoms with E-state index < -0.39 is 23.6 Å². The molecule has 1 amide bonds. The maximum absolute atomic E-state index is 13.1. The van der Waals surface area contributed by atoms with Crippen LogP contribution in [-0.2, 0) is 4.79 Å². The number of amides is 1. The Kier molecular flexibility index (Phi) is 5.72. The molecule has 1 rings (SSSR count). The fraction of sp³-hybridized carbons (Fsp3) is 0.364. The lowest BCUT2D eigenvalue weighted by Gasteiger charge is -2.15. The monoisotopic (exact) mass is 269 g/mol. The smallest absolute Gasteiger partial charge is 0.239 e. The van der Waals surface area contributed by atoms with Crippen LogP contribution in [0, 0.1) is 11.6 Å². The Labute approximate surface area is 108 Å². The van der Waals surface area contributed by atoms with Crippen LogP contribution in [0.5, 0.6) is 0 Å². The molecule has 0 fully saturated rings. The Morgan fingerprint density at radius 1 is 1.42 bits per heavy atom. The first-order valence-electron chi connectivity index (χ1n) is 5.54. The summed E-state index contributed by atoms with van der Waals surface area (Å²) < 4.78 is 26.1. The summed E-state index contributed by atoms with van der Waals surface area (Å²) in [6.07, 6.45) is 0.478. The van der Waals surface area contributed by atoms with Crippen molar-refractivity contribution in [2.24, 2.45) is 10.8 Å². The number of hydrogen-bond donors (Lipinski definition) is 2. The van der Waals surface area contributed by atoms with Gasteiger partial charge in [-0.15, -0.1) is 0 Å². The van der Waals surface area contributed by atoms with Gasteiger partial charge in [0.2, 0.25) is 5.91 Å². The van der Waals surface area contributed by atoms with Crippen LogP contribution < -0.4 is 11.1 Å². The summed E-state index contributed by atoms with van der Waals surface area (Å²) in [5, 5.41) is 6.08. The van der Waals surface area contributed by atoms with Gasteiger partial charge in [-0.1, -0.05) is 5.11 Å². The van der Waals surface area contributed by atoms with Gasteiger partial charge >= 0.3 is 0 Å². The number of hydrogen-bond acceptors (Lipinski definition) is 3.